The van der Waals surface area contributed by atoms with Crippen LogP contribution in [0.15, 0.2) is 53.3 Å². The van der Waals surface area contributed by atoms with E-state index in [4.69, 9.17) is 10.7 Å². The lowest BCUT2D eigenvalue weighted by atomic mass is 9.98. The summed E-state index contributed by atoms with van der Waals surface area (Å²) in [6.07, 6.45) is 4.62. The smallest absolute Gasteiger partial charge is 0.183 e. The molecule has 0 amide bonds. The molecule has 1 saturated heterocycles. The highest BCUT2D eigenvalue weighted by Gasteiger charge is 2.29. The van der Waals surface area contributed by atoms with Crippen molar-refractivity contribution in [2.75, 3.05) is 17.2 Å². The maximum Gasteiger partial charge on any atom is 0.183 e. The highest BCUT2D eigenvalue weighted by atomic mass is 79.9. The maximum absolute atomic E-state index is 11.8. The standard InChI is InChI=1S/C20H19BrN6O2S/c21-17-18(14-7-10-30(28,29)11-8-14)24-20-16(12-23-27(20)19(17)22)26-9-6-15(25-26)13-4-2-1-3-5-13/h1-6,9,12,14H,7-8,10-11,22H2. The molecule has 0 bridgehead atoms. The summed E-state index contributed by atoms with van der Waals surface area (Å²) in [6, 6.07) is 11.9. The van der Waals surface area contributed by atoms with Crippen LogP contribution in [0.1, 0.15) is 24.5 Å². The number of nitrogens with zero attached hydrogens (tertiary/aromatic N) is 5. The van der Waals surface area contributed by atoms with Crippen LogP contribution < -0.4 is 5.73 Å². The van der Waals surface area contributed by atoms with Gasteiger partial charge in [0.2, 0.25) is 0 Å². The van der Waals surface area contributed by atoms with Gasteiger partial charge in [0, 0.05) is 17.7 Å². The van der Waals surface area contributed by atoms with E-state index in [1.54, 1.807) is 15.4 Å². The molecule has 4 heterocycles. The molecule has 1 fully saturated rings. The van der Waals surface area contributed by atoms with Crippen LogP contribution >= 0.6 is 15.9 Å². The lowest BCUT2D eigenvalue weighted by Gasteiger charge is -2.23. The third kappa shape index (κ3) is 3.29. The van der Waals surface area contributed by atoms with Crippen molar-refractivity contribution < 1.29 is 8.42 Å². The molecule has 30 heavy (non-hydrogen) atoms. The predicted molar refractivity (Wildman–Crippen MR) is 118 cm³/mol. The molecule has 0 atom stereocenters. The molecule has 3 aromatic heterocycles. The number of hydrogen-bond donors (Lipinski definition) is 1. The molecular formula is C20H19BrN6O2S. The van der Waals surface area contributed by atoms with Gasteiger partial charge in [0.25, 0.3) is 0 Å². The van der Waals surface area contributed by atoms with Gasteiger partial charge in [-0.1, -0.05) is 30.3 Å². The summed E-state index contributed by atoms with van der Waals surface area (Å²) in [5, 5.41) is 9.07. The Labute approximate surface area is 181 Å². The number of nitrogens with two attached hydrogens (primary N) is 1. The van der Waals surface area contributed by atoms with Crippen molar-refractivity contribution in [3.8, 4) is 16.9 Å². The van der Waals surface area contributed by atoms with Crippen LogP contribution in [0.4, 0.5) is 5.82 Å². The summed E-state index contributed by atoms with van der Waals surface area (Å²) < 4.78 is 27.6. The van der Waals surface area contributed by atoms with Crippen molar-refractivity contribution in [3.63, 3.8) is 0 Å². The maximum atomic E-state index is 11.8. The van der Waals surface area contributed by atoms with Gasteiger partial charge < -0.3 is 5.73 Å². The van der Waals surface area contributed by atoms with Crippen molar-refractivity contribution in [3.05, 3.63) is 59.0 Å². The molecule has 5 rings (SSSR count). The average Bonchev–Trinajstić information content (AvgIpc) is 3.39. The van der Waals surface area contributed by atoms with E-state index in [9.17, 15) is 8.42 Å². The van der Waals surface area contributed by atoms with Crippen molar-refractivity contribution in [2.45, 2.75) is 18.8 Å². The number of hydrogen-bond acceptors (Lipinski definition) is 6. The quantitative estimate of drug-likeness (QED) is 0.476. The van der Waals surface area contributed by atoms with Gasteiger partial charge in [-0.2, -0.15) is 14.7 Å². The Balaban J connectivity index is 1.58. The van der Waals surface area contributed by atoms with E-state index in [2.05, 4.69) is 26.1 Å². The minimum Gasteiger partial charge on any atom is -0.383 e. The lowest BCUT2D eigenvalue weighted by molar-refractivity contribution is 0.543. The Kier molecular flexibility index (Phi) is 4.62. The van der Waals surface area contributed by atoms with E-state index in [-0.39, 0.29) is 17.4 Å². The Bertz CT molecular complexity index is 1330. The van der Waals surface area contributed by atoms with Crippen molar-refractivity contribution in [2.24, 2.45) is 0 Å². The number of fused-ring (bicyclic) bond motifs is 1. The van der Waals surface area contributed by atoms with Gasteiger partial charge >= 0.3 is 0 Å². The molecule has 2 N–H and O–H groups in total. The van der Waals surface area contributed by atoms with E-state index in [0.29, 0.717) is 34.5 Å². The molecular weight excluding hydrogens is 468 g/mol. The summed E-state index contributed by atoms with van der Waals surface area (Å²) in [7, 11) is -2.96. The predicted octanol–water partition coefficient (Wildman–Crippen LogP) is 3.22. The molecule has 0 aliphatic carbocycles. The number of sulfone groups is 1. The highest BCUT2D eigenvalue weighted by Crippen LogP contribution is 2.36. The number of aromatic nitrogens is 5. The fraction of sp³-hybridized carbons (Fsp3) is 0.250. The van der Waals surface area contributed by atoms with Gasteiger partial charge in [0.1, 0.15) is 21.3 Å². The number of benzene rings is 1. The molecule has 4 aromatic rings. The normalized spacial score (nSPS) is 16.8. The monoisotopic (exact) mass is 486 g/mol. The Morgan fingerprint density at radius 1 is 1.10 bits per heavy atom. The minimum absolute atomic E-state index is 0.0236. The van der Waals surface area contributed by atoms with Crippen LogP contribution in [-0.4, -0.2) is 44.3 Å². The van der Waals surface area contributed by atoms with Gasteiger partial charge in [0.15, 0.2) is 5.65 Å². The van der Waals surface area contributed by atoms with Gasteiger partial charge in [0.05, 0.1) is 33.6 Å². The number of rotatable bonds is 3. The van der Waals surface area contributed by atoms with Crippen LogP contribution in [0, 0.1) is 0 Å². The highest BCUT2D eigenvalue weighted by molar-refractivity contribution is 9.10. The minimum atomic E-state index is -2.96. The number of anilines is 1. The number of halogens is 1. The van der Waals surface area contributed by atoms with E-state index in [1.165, 1.54) is 0 Å². The Morgan fingerprint density at radius 2 is 1.83 bits per heavy atom. The molecule has 0 spiro atoms. The molecule has 1 aliphatic rings. The van der Waals surface area contributed by atoms with Crippen LogP contribution in [-0.2, 0) is 9.84 Å². The van der Waals surface area contributed by atoms with Crippen LogP contribution in [0.5, 0.6) is 0 Å². The zero-order valence-corrected chi connectivity index (χ0v) is 18.3. The molecule has 10 heteroatoms. The number of nitrogen functional groups attached to an aromatic ring is 1. The van der Waals surface area contributed by atoms with E-state index < -0.39 is 9.84 Å². The van der Waals surface area contributed by atoms with Gasteiger partial charge in [-0.05, 0) is 34.8 Å². The second-order valence-electron chi connectivity index (χ2n) is 7.40. The van der Waals surface area contributed by atoms with Crippen molar-refractivity contribution in [1.29, 1.82) is 0 Å². The SMILES string of the molecule is Nc1c(Br)c(C2CCS(=O)(=O)CC2)nc2c(-n3ccc(-c4ccccc4)n3)cnn12. The lowest BCUT2D eigenvalue weighted by Crippen LogP contribution is -2.23. The Hall–Kier alpha value is -2.72. The summed E-state index contributed by atoms with van der Waals surface area (Å²) in [6.45, 7) is 0. The summed E-state index contributed by atoms with van der Waals surface area (Å²) in [4.78, 5) is 4.84. The van der Waals surface area contributed by atoms with Crippen LogP contribution in [0.2, 0.25) is 0 Å². The third-order valence-electron chi connectivity index (χ3n) is 5.48. The topological polar surface area (TPSA) is 108 Å². The average molecular weight is 487 g/mol. The Morgan fingerprint density at radius 3 is 2.57 bits per heavy atom. The molecule has 0 radical (unpaired) electrons. The molecule has 1 aliphatic heterocycles. The zero-order chi connectivity index (χ0) is 20.9. The first-order chi connectivity index (χ1) is 14.4. The van der Waals surface area contributed by atoms with E-state index in [1.807, 2.05) is 42.6 Å². The first-order valence-corrected chi connectivity index (χ1v) is 12.2. The molecule has 8 nitrogen and oxygen atoms in total. The fourth-order valence-electron chi connectivity index (χ4n) is 3.82. The molecule has 0 saturated carbocycles. The molecule has 0 unspecified atom stereocenters. The summed E-state index contributed by atoms with van der Waals surface area (Å²) in [5.74, 6) is 0.797. The molecule has 1 aromatic carbocycles. The largest absolute Gasteiger partial charge is 0.383 e. The second-order valence-corrected chi connectivity index (χ2v) is 10.5. The zero-order valence-electron chi connectivity index (χ0n) is 15.9. The third-order valence-corrected chi connectivity index (χ3v) is 8.00. The van der Waals surface area contributed by atoms with Crippen molar-refractivity contribution in [1.82, 2.24) is 24.4 Å². The summed E-state index contributed by atoms with van der Waals surface area (Å²) >= 11 is 3.55. The summed E-state index contributed by atoms with van der Waals surface area (Å²) in [5.41, 5.74) is 10.3. The van der Waals surface area contributed by atoms with Gasteiger partial charge in [-0.3, -0.25) is 0 Å². The first kappa shape index (κ1) is 19.3. The molecule has 154 valence electrons. The first-order valence-electron chi connectivity index (χ1n) is 9.57. The fourth-order valence-corrected chi connectivity index (χ4v) is 5.89. The van der Waals surface area contributed by atoms with Gasteiger partial charge in [-0.25, -0.2) is 18.1 Å². The second kappa shape index (κ2) is 7.21. The van der Waals surface area contributed by atoms with Crippen LogP contribution in [0.25, 0.3) is 22.6 Å². The van der Waals surface area contributed by atoms with E-state index in [0.717, 1.165) is 17.0 Å². The van der Waals surface area contributed by atoms with Crippen molar-refractivity contribution >= 4 is 37.2 Å². The van der Waals surface area contributed by atoms with Crippen LogP contribution in [0.3, 0.4) is 0 Å². The van der Waals surface area contributed by atoms with Gasteiger partial charge in [-0.15, -0.1) is 0 Å². The van der Waals surface area contributed by atoms with E-state index >= 15 is 0 Å².